The lowest BCUT2D eigenvalue weighted by Gasteiger charge is -2.32. The molecule has 0 saturated carbocycles. The fourth-order valence-electron chi connectivity index (χ4n) is 1.83. The first-order valence-electron chi connectivity index (χ1n) is 6.22. The lowest BCUT2D eigenvalue weighted by atomic mass is 10.00. The molecule has 0 amide bonds. The molecule has 0 radical (unpaired) electrons. The number of rotatable bonds is 7. The molecule has 96 valence electrons. The van der Waals surface area contributed by atoms with Gasteiger partial charge in [0.05, 0.1) is 12.1 Å². The molecule has 1 aromatic rings. The van der Waals surface area contributed by atoms with Crippen molar-refractivity contribution in [2.45, 2.75) is 32.4 Å². The third-order valence-corrected chi connectivity index (χ3v) is 2.94. The van der Waals surface area contributed by atoms with Gasteiger partial charge in [0, 0.05) is 19.2 Å². The summed E-state index contributed by atoms with van der Waals surface area (Å²) >= 11 is 0. The molecule has 0 spiro atoms. The molecule has 2 unspecified atom stereocenters. The van der Waals surface area contributed by atoms with E-state index in [9.17, 15) is 0 Å². The van der Waals surface area contributed by atoms with Crippen LogP contribution in [0.4, 0.5) is 0 Å². The molecular formula is C14H24N2O. The lowest BCUT2D eigenvalue weighted by molar-refractivity contribution is 0.0825. The van der Waals surface area contributed by atoms with E-state index >= 15 is 0 Å². The standard InChI is InChI=1S/C14H24N2O/c1-4-17-11-14(3,10-15)16-12(2)13-8-6-5-7-9-13/h5-9,12,16H,4,10-11,15H2,1-3H3. The maximum absolute atomic E-state index is 5.83. The smallest absolute Gasteiger partial charge is 0.0657 e. The summed E-state index contributed by atoms with van der Waals surface area (Å²) in [7, 11) is 0. The average Bonchev–Trinajstić information content (AvgIpc) is 2.37. The second-order valence-corrected chi connectivity index (χ2v) is 4.68. The largest absolute Gasteiger partial charge is 0.380 e. The summed E-state index contributed by atoms with van der Waals surface area (Å²) in [5.41, 5.74) is 6.92. The molecule has 1 aromatic carbocycles. The van der Waals surface area contributed by atoms with E-state index in [0.29, 0.717) is 13.2 Å². The topological polar surface area (TPSA) is 47.3 Å². The van der Waals surface area contributed by atoms with Gasteiger partial charge < -0.3 is 15.8 Å². The Morgan fingerprint density at radius 1 is 1.35 bits per heavy atom. The van der Waals surface area contributed by atoms with Crippen LogP contribution in [0.2, 0.25) is 0 Å². The van der Waals surface area contributed by atoms with Gasteiger partial charge in [-0.05, 0) is 26.3 Å². The summed E-state index contributed by atoms with van der Waals surface area (Å²) in [6.45, 7) is 8.16. The molecule has 0 aliphatic heterocycles. The number of nitrogens with one attached hydrogen (secondary N) is 1. The zero-order valence-electron chi connectivity index (χ0n) is 11.1. The highest BCUT2D eigenvalue weighted by atomic mass is 16.5. The molecule has 1 rings (SSSR count). The van der Waals surface area contributed by atoms with Gasteiger partial charge in [0.2, 0.25) is 0 Å². The van der Waals surface area contributed by atoms with Crippen molar-refractivity contribution in [2.75, 3.05) is 19.8 Å². The first kappa shape index (κ1) is 14.2. The van der Waals surface area contributed by atoms with E-state index in [-0.39, 0.29) is 11.6 Å². The second kappa shape index (κ2) is 6.74. The van der Waals surface area contributed by atoms with E-state index in [1.807, 2.05) is 13.0 Å². The zero-order valence-corrected chi connectivity index (χ0v) is 11.1. The minimum absolute atomic E-state index is 0.175. The Labute approximate surface area is 104 Å². The van der Waals surface area contributed by atoms with Crippen LogP contribution < -0.4 is 11.1 Å². The van der Waals surface area contributed by atoms with Gasteiger partial charge in [-0.1, -0.05) is 30.3 Å². The molecule has 2 atom stereocenters. The molecule has 3 N–H and O–H groups in total. The van der Waals surface area contributed by atoms with E-state index in [1.54, 1.807) is 0 Å². The van der Waals surface area contributed by atoms with Crippen LogP contribution >= 0.6 is 0 Å². The van der Waals surface area contributed by atoms with Gasteiger partial charge in [0.15, 0.2) is 0 Å². The van der Waals surface area contributed by atoms with Crippen LogP contribution in [0, 0.1) is 0 Å². The maximum Gasteiger partial charge on any atom is 0.0657 e. The highest BCUT2D eigenvalue weighted by molar-refractivity contribution is 5.18. The molecule has 3 heteroatoms. The molecule has 0 aromatic heterocycles. The Morgan fingerprint density at radius 3 is 2.53 bits per heavy atom. The first-order chi connectivity index (χ1) is 8.11. The van der Waals surface area contributed by atoms with E-state index in [2.05, 4.69) is 43.4 Å². The van der Waals surface area contributed by atoms with E-state index in [4.69, 9.17) is 10.5 Å². The fraction of sp³-hybridized carbons (Fsp3) is 0.571. The van der Waals surface area contributed by atoms with Gasteiger partial charge in [-0.15, -0.1) is 0 Å². The minimum Gasteiger partial charge on any atom is -0.380 e. The van der Waals surface area contributed by atoms with Crippen molar-refractivity contribution in [1.29, 1.82) is 0 Å². The Hall–Kier alpha value is -0.900. The van der Waals surface area contributed by atoms with Gasteiger partial charge in [0.25, 0.3) is 0 Å². The first-order valence-corrected chi connectivity index (χ1v) is 6.22. The van der Waals surface area contributed by atoms with Crippen molar-refractivity contribution >= 4 is 0 Å². The van der Waals surface area contributed by atoms with Crippen LogP contribution in [0.25, 0.3) is 0 Å². The Balaban J connectivity index is 2.61. The average molecular weight is 236 g/mol. The third kappa shape index (κ3) is 4.46. The lowest BCUT2D eigenvalue weighted by Crippen LogP contribution is -2.53. The number of benzene rings is 1. The molecule has 17 heavy (non-hydrogen) atoms. The number of hydrogen-bond acceptors (Lipinski definition) is 3. The normalized spacial score (nSPS) is 16.5. The summed E-state index contributed by atoms with van der Waals surface area (Å²) in [6.07, 6.45) is 0. The van der Waals surface area contributed by atoms with Crippen LogP contribution in [0.15, 0.2) is 30.3 Å². The van der Waals surface area contributed by atoms with Crippen molar-refractivity contribution in [1.82, 2.24) is 5.32 Å². The Kier molecular flexibility index (Phi) is 5.62. The van der Waals surface area contributed by atoms with Crippen LogP contribution in [0.5, 0.6) is 0 Å². The SMILES string of the molecule is CCOCC(C)(CN)NC(C)c1ccccc1. The third-order valence-electron chi connectivity index (χ3n) is 2.94. The molecule has 0 fully saturated rings. The van der Waals surface area contributed by atoms with Crippen molar-refractivity contribution in [3.63, 3.8) is 0 Å². The van der Waals surface area contributed by atoms with Gasteiger partial charge >= 0.3 is 0 Å². The van der Waals surface area contributed by atoms with Crippen molar-refractivity contribution in [3.8, 4) is 0 Å². The Morgan fingerprint density at radius 2 is 2.00 bits per heavy atom. The van der Waals surface area contributed by atoms with Crippen LogP contribution in [0.1, 0.15) is 32.4 Å². The monoisotopic (exact) mass is 236 g/mol. The molecule has 3 nitrogen and oxygen atoms in total. The summed E-state index contributed by atoms with van der Waals surface area (Å²) < 4.78 is 5.48. The van der Waals surface area contributed by atoms with Crippen LogP contribution in [-0.2, 0) is 4.74 Å². The molecule has 0 saturated heterocycles. The summed E-state index contributed by atoms with van der Waals surface area (Å²) in [6, 6.07) is 10.6. The molecular weight excluding hydrogens is 212 g/mol. The van der Waals surface area contributed by atoms with Crippen LogP contribution in [0.3, 0.4) is 0 Å². The Bertz CT molecular complexity index is 315. The number of hydrogen-bond donors (Lipinski definition) is 2. The van der Waals surface area contributed by atoms with Crippen LogP contribution in [-0.4, -0.2) is 25.3 Å². The summed E-state index contributed by atoms with van der Waals surface area (Å²) in [5.74, 6) is 0. The van der Waals surface area contributed by atoms with Crippen molar-refractivity contribution in [3.05, 3.63) is 35.9 Å². The van der Waals surface area contributed by atoms with Gasteiger partial charge in [-0.25, -0.2) is 0 Å². The molecule has 0 aliphatic carbocycles. The zero-order chi connectivity index (χ0) is 12.7. The predicted molar refractivity (Wildman–Crippen MR) is 71.9 cm³/mol. The molecule has 0 aliphatic rings. The quantitative estimate of drug-likeness (QED) is 0.762. The highest BCUT2D eigenvalue weighted by Gasteiger charge is 2.24. The van der Waals surface area contributed by atoms with E-state index < -0.39 is 0 Å². The summed E-state index contributed by atoms with van der Waals surface area (Å²) in [4.78, 5) is 0. The van der Waals surface area contributed by atoms with Crippen molar-refractivity contribution < 1.29 is 4.74 Å². The summed E-state index contributed by atoms with van der Waals surface area (Å²) in [5, 5.41) is 3.54. The number of ether oxygens (including phenoxy) is 1. The molecule has 0 heterocycles. The van der Waals surface area contributed by atoms with E-state index in [1.165, 1.54) is 5.56 Å². The van der Waals surface area contributed by atoms with Gasteiger partial charge in [0.1, 0.15) is 0 Å². The van der Waals surface area contributed by atoms with Crippen molar-refractivity contribution in [2.24, 2.45) is 5.73 Å². The maximum atomic E-state index is 5.83. The molecule has 0 bridgehead atoms. The van der Waals surface area contributed by atoms with E-state index in [0.717, 1.165) is 6.61 Å². The highest BCUT2D eigenvalue weighted by Crippen LogP contribution is 2.16. The second-order valence-electron chi connectivity index (χ2n) is 4.68. The predicted octanol–water partition coefficient (Wildman–Crippen LogP) is 2.09. The fourth-order valence-corrected chi connectivity index (χ4v) is 1.83. The van der Waals surface area contributed by atoms with Gasteiger partial charge in [-0.2, -0.15) is 0 Å². The van der Waals surface area contributed by atoms with Gasteiger partial charge in [-0.3, -0.25) is 0 Å². The number of nitrogens with two attached hydrogens (primary N) is 1. The minimum atomic E-state index is -0.175.